The zero-order valence-corrected chi connectivity index (χ0v) is 12.4. The largest absolute Gasteiger partial charge is 0.375 e. The van der Waals surface area contributed by atoms with Crippen LogP contribution in [0.2, 0.25) is 0 Å². The maximum Gasteiger partial charge on any atom is 0.151 e. The van der Waals surface area contributed by atoms with Crippen LogP contribution in [0, 0.1) is 0 Å². The highest BCUT2D eigenvalue weighted by Crippen LogP contribution is 2.40. The van der Waals surface area contributed by atoms with Crippen molar-refractivity contribution in [3.05, 3.63) is 0 Å². The number of sulfone groups is 1. The third kappa shape index (κ3) is 3.31. The van der Waals surface area contributed by atoms with Gasteiger partial charge in [-0.05, 0) is 38.5 Å². The van der Waals surface area contributed by atoms with Crippen LogP contribution >= 0.6 is 0 Å². The minimum absolute atomic E-state index is 0.115. The van der Waals surface area contributed by atoms with Gasteiger partial charge < -0.3 is 10.1 Å². The maximum absolute atomic E-state index is 11.7. The van der Waals surface area contributed by atoms with Gasteiger partial charge in [-0.15, -0.1) is 0 Å². The lowest BCUT2D eigenvalue weighted by atomic mass is 9.88. The monoisotopic (exact) mass is 287 g/mol. The normalized spacial score (nSPS) is 37.5. The lowest BCUT2D eigenvalue weighted by Crippen LogP contribution is -2.51. The SMILES string of the molecule is O=S1(=O)CCCC(NC2CCOC3(CCCC3)C2)C1. The number of hydrogen-bond donors (Lipinski definition) is 1. The predicted octanol–water partition coefficient (Wildman–Crippen LogP) is 1.64. The quantitative estimate of drug-likeness (QED) is 0.839. The van der Waals surface area contributed by atoms with Gasteiger partial charge in [-0.3, -0.25) is 0 Å². The second-order valence-corrected chi connectivity index (χ2v) is 8.78. The summed E-state index contributed by atoms with van der Waals surface area (Å²) in [4.78, 5) is 0. The molecule has 0 amide bonds. The molecule has 2 atom stereocenters. The summed E-state index contributed by atoms with van der Waals surface area (Å²) in [6, 6.07) is 0.616. The van der Waals surface area contributed by atoms with Crippen molar-refractivity contribution in [3.8, 4) is 0 Å². The Balaban J connectivity index is 1.57. The molecule has 2 aliphatic heterocycles. The van der Waals surface area contributed by atoms with Gasteiger partial charge in [0.15, 0.2) is 9.84 Å². The van der Waals surface area contributed by atoms with Crippen LogP contribution in [0.3, 0.4) is 0 Å². The van der Waals surface area contributed by atoms with Crippen molar-refractivity contribution >= 4 is 9.84 Å². The molecule has 0 bridgehead atoms. The molecule has 1 spiro atoms. The fraction of sp³-hybridized carbons (Fsp3) is 1.00. The molecule has 1 N–H and O–H groups in total. The Morgan fingerprint density at radius 3 is 2.58 bits per heavy atom. The molecule has 1 saturated carbocycles. The molecule has 1 aliphatic carbocycles. The minimum atomic E-state index is -2.80. The van der Waals surface area contributed by atoms with Gasteiger partial charge in [-0.1, -0.05) is 12.8 Å². The summed E-state index contributed by atoms with van der Waals surface area (Å²) in [7, 11) is -2.80. The molecular weight excluding hydrogens is 262 g/mol. The highest BCUT2D eigenvalue weighted by Gasteiger charge is 2.40. The number of nitrogens with one attached hydrogen (secondary N) is 1. The molecule has 110 valence electrons. The Hall–Kier alpha value is -0.130. The van der Waals surface area contributed by atoms with Gasteiger partial charge in [0.05, 0.1) is 17.1 Å². The predicted molar refractivity (Wildman–Crippen MR) is 75.0 cm³/mol. The summed E-state index contributed by atoms with van der Waals surface area (Å²) in [6.45, 7) is 0.830. The molecule has 3 rings (SSSR count). The zero-order valence-electron chi connectivity index (χ0n) is 11.6. The first-order valence-corrected chi connectivity index (χ1v) is 9.50. The molecule has 2 heterocycles. The van der Waals surface area contributed by atoms with E-state index in [1.165, 1.54) is 25.7 Å². The lowest BCUT2D eigenvalue weighted by Gasteiger charge is -2.40. The second-order valence-electron chi connectivity index (χ2n) is 6.55. The van der Waals surface area contributed by atoms with Crippen molar-refractivity contribution in [3.63, 3.8) is 0 Å². The molecule has 0 aromatic heterocycles. The number of rotatable bonds is 2. The van der Waals surface area contributed by atoms with E-state index in [1.807, 2.05) is 0 Å². The summed E-state index contributed by atoms with van der Waals surface area (Å²) < 4.78 is 29.4. The molecule has 3 fully saturated rings. The molecule has 5 heteroatoms. The van der Waals surface area contributed by atoms with Crippen molar-refractivity contribution in [1.82, 2.24) is 5.32 Å². The Labute approximate surface area is 116 Å². The van der Waals surface area contributed by atoms with Crippen LogP contribution in [0.25, 0.3) is 0 Å². The van der Waals surface area contributed by atoms with Gasteiger partial charge in [0.25, 0.3) is 0 Å². The van der Waals surface area contributed by atoms with Gasteiger partial charge in [0.2, 0.25) is 0 Å². The third-order valence-corrected chi connectivity index (χ3v) is 6.76. The molecule has 4 nitrogen and oxygen atoms in total. The molecule has 0 aromatic carbocycles. The minimum Gasteiger partial charge on any atom is -0.375 e. The van der Waals surface area contributed by atoms with E-state index in [4.69, 9.17) is 4.74 Å². The van der Waals surface area contributed by atoms with Gasteiger partial charge in [-0.25, -0.2) is 8.42 Å². The van der Waals surface area contributed by atoms with E-state index in [-0.39, 0.29) is 11.6 Å². The van der Waals surface area contributed by atoms with E-state index in [9.17, 15) is 8.42 Å². The number of ether oxygens (including phenoxy) is 1. The summed E-state index contributed by atoms with van der Waals surface area (Å²) in [5, 5.41) is 3.61. The Morgan fingerprint density at radius 1 is 1.05 bits per heavy atom. The summed E-state index contributed by atoms with van der Waals surface area (Å²) in [5.41, 5.74) is 0.115. The molecule has 0 radical (unpaired) electrons. The molecule has 3 aliphatic rings. The van der Waals surface area contributed by atoms with Crippen LogP contribution in [-0.4, -0.2) is 44.2 Å². The van der Waals surface area contributed by atoms with Gasteiger partial charge >= 0.3 is 0 Å². The highest BCUT2D eigenvalue weighted by molar-refractivity contribution is 7.91. The fourth-order valence-corrected chi connectivity index (χ4v) is 5.67. The lowest BCUT2D eigenvalue weighted by molar-refractivity contribution is -0.0846. The third-order valence-electron chi connectivity index (χ3n) is 4.94. The van der Waals surface area contributed by atoms with Crippen molar-refractivity contribution in [1.29, 1.82) is 0 Å². The molecule has 2 saturated heterocycles. The standard InChI is InChI=1S/C14H25NO3S/c16-19(17)9-3-4-13(11-19)15-12-5-8-18-14(10-12)6-1-2-7-14/h12-13,15H,1-11H2. The highest BCUT2D eigenvalue weighted by atomic mass is 32.2. The van der Waals surface area contributed by atoms with Gasteiger partial charge in [0.1, 0.15) is 0 Å². The fourth-order valence-electron chi connectivity index (χ4n) is 4.03. The van der Waals surface area contributed by atoms with E-state index in [0.717, 1.165) is 32.3 Å². The first-order valence-electron chi connectivity index (χ1n) is 7.67. The van der Waals surface area contributed by atoms with Crippen molar-refractivity contribution < 1.29 is 13.2 Å². The van der Waals surface area contributed by atoms with E-state index in [2.05, 4.69) is 5.32 Å². The first-order chi connectivity index (χ1) is 9.07. The average molecular weight is 287 g/mol. The zero-order chi connectivity index (χ0) is 13.3. The van der Waals surface area contributed by atoms with Gasteiger partial charge in [0, 0.05) is 18.7 Å². The van der Waals surface area contributed by atoms with E-state index in [0.29, 0.717) is 17.5 Å². The Kier molecular flexibility index (Phi) is 3.89. The smallest absolute Gasteiger partial charge is 0.151 e. The van der Waals surface area contributed by atoms with E-state index in [1.54, 1.807) is 0 Å². The second kappa shape index (κ2) is 5.34. The first kappa shape index (κ1) is 13.8. The topological polar surface area (TPSA) is 55.4 Å². The molecule has 2 unspecified atom stereocenters. The van der Waals surface area contributed by atoms with Crippen LogP contribution in [0.1, 0.15) is 51.4 Å². The number of hydrogen-bond acceptors (Lipinski definition) is 4. The Morgan fingerprint density at radius 2 is 1.84 bits per heavy atom. The molecule has 19 heavy (non-hydrogen) atoms. The van der Waals surface area contributed by atoms with E-state index < -0.39 is 9.84 Å². The van der Waals surface area contributed by atoms with Crippen molar-refractivity contribution in [2.75, 3.05) is 18.1 Å². The van der Waals surface area contributed by atoms with Crippen LogP contribution in [0.4, 0.5) is 0 Å². The summed E-state index contributed by atoms with van der Waals surface area (Å²) in [5.74, 6) is 0.709. The van der Waals surface area contributed by atoms with Crippen LogP contribution in [0.15, 0.2) is 0 Å². The van der Waals surface area contributed by atoms with E-state index >= 15 is 0 Å². The van der Waals surface area contributed by atoms with Crippen molar-refractivity contribution in [2.45, 2.75) is 69.1 Å². The average Bonchev–Trinajstić information content (AvgIpc) is 2.76. The molecular formula is C14H25NO3S. The maximum atomic E-state index is 11.7. The summed E-state index contributed by atoms with van der Waals surface area (Å²) in [6.07, 6.45) is 8.86. The molecule has 0 aromatic rings. The van der Waals surface area contributed by atoms with Crippen LogP contribution in [0.5, 0.6) is 0 Å². The van der Waals surface area contributed by atoms with Crippen LogP contribution in [-0.2, 0) is 14.6 Å². The van der Waals surface area contributed by atoms with Crippen molar-refractivity contribution in [2.24, 2.45) is 0 Å². The van der Waals surface area contributed by atoms with Crippen LogP contribution < -0.4 is 5.32 Å². The Bertz CT molecular complexity index is 414. The van der Waals surface area contributed by atoms with Gasteiger partial charge in [-0.2, -0.15) is 0 Å². The summed E-state index contributed by atoms with van der Waals surface area (Å²) >= 11 is 0.